The molecule has 0 saturated heterocycles. The first kappa shape index (κ1) is 15.7. The molecule has 0 fully saturated rings. The van der Waals surface area contributed by atoms with Gasteiger partial charge in [-0.2, -0.15) is 0 Å². The van der Waals surface area contributed by atoms with Crippen LogP contribution in [0.1, 0.15) is 20.8 Å². The fraction of sp³-hybridized carbons (Fsp3) is 0.818. The molecule has 0 saturated carbocycles. The molecule has 0 aliphatic heterocycles. The summed E-state index contributed by atoms with van der Waals surface area (Å²) in [5.74, 6) is -1.05. The van der Waals surface area contributed by atoms with E-state index in [1.54, 1.807) is 0 Å². The number of carbonyl (C=O) groups excluding carboxylic acids is 1. The van der Waals surface area contributed by atoms with Gasteiger partial charge in [-0.1, -0.05) is 13.8 Å². The highest BCUT2D eigenvalue weighted by Crippen LogP contribution is 2.13. The summed E-state index contributed by atoms with van der Waals surface area (Å²) in [4.78, 5) is 24.0. The van der Waals surface area contributed by atoms with Gasteiger partial charge >= 0.3 is 12.0 Å². The maximum atomic E-state index is 11.4. The van der Waals surface area contributed by atoms with E-state index in [1.165, 1.54) is 6.92 Å². The van der Waals surface area contributed by atoms with Gasteiger partial charge in [-0.3, -0.25) is 4.79 Å². The lowest BCUT2D eigenvalue weighted by molar-refractivity contribution is -0.138. The fourth-order valence-electron chi connectivity index (χ4n) is 1.54. The lowest BCUT2D eigenvalue weighted by atomic mass is 9.93. The number of hydrogen-bond donors (Lipinski definition) is 3. The Kier molecular flexibility index (Phi) is 5.95. The van der Waals surface area contributed by atoms with Crippen LogP contribution in [0.2, 0.25) is 0 Å². The van der Waals surface area contributed by atoms with Gasteiger partial charge < -0.3 is 20.6 Å². The van der Waals surface area contributed by atoms with Crippen LogP contribution in [0.25, 0.3) is 0 Å². The molecule has 0 bridgehead atoms. The van der Waals surface area contributed by atoms with Crippen molar-refractivity contribution in [3.8, 4) is 0 Å². The number of carboxylic acid groups (broad SMARTS) is 1. The molecule has 0 heterocycles. The minimum atomic E-state index is -1.05. The molecule has 0 aromatic rings. The number of aliphatic carboxylic acids is 1. The van der Waals surface area contributed by atoms with E-state index in [0.29, 0.717) is 6.54 Å². The van der Waals surface area contributed by atoms with E-state index in [2.05, 4.69) is 10.6 Å². The Morgan fingerprint density at radius 3 is 2.29 bits per heavy atom. The van der Waals surface area contributed by atoms with Crippen molar-refractivity contribution in [3.63, 3.8) is 0 Å². The second kappa shape index (κ2) is 6.44. The Labute approximate surface area is 102 Å². The molecule has 0 aliphatic carbocycles. The van der Waals surface area contributed by atoms with Gasteiger partial charge in [-0.05, 0) is 26.4 Å². The van der Waals surface area contributed by atoms with Gasteiger partial charge in [-0.25, -0.2) is 4.79 Å². The minimum absolute atomic E-state index is 0.0622. The van der Waals surface area contributed by atoms with Gasteiger partial charge in [0.05, 0.1) is 0 Å². The lowest BCUT2D eigenvalue weighted by Crippen LogP contribution is -2.48. The third-order valence-corrected chi connectivity index (χ3v) is 2.19. The van der Waals surface area contributed by atoms with Gasteiger partial charge in [-0.15, -0.1) is 0 Å². The number of amides is 2. The van der Waals surface area contributed by atoms with Crippen LogP contribution in [0.5, 0.6) is 0 Å². The van der Waals surface area contributed by atoms with E-state index in [-0.39, 0.29) is 5.41 Å². The molecule has 1 atom stereocenters. The van der Waals surface area contributed by atoms with Crippen LogP contribution in [-0.4, -0.2) is 55.2 Å². The van der Waals surface area contributed by atoms with Gasteiger partial charge in [0.15, 0.2) is 0 Å². The summed E-state index contributed by atoms with van der Waals surface area (Å²) in [5, 5.41) is 13.6. The molecule has 0 rings (SSSR count). The molecule has 0 unspecified atom stereocenters. The van der Waals surface area contributed by atoms with E-state index in [4.69, 9.17) is 5.11 Å². The monoisotopic (exact) mass is 245 g/mol. The molecule has 3 N–H and O–H groups in total. The number of carboxylic acids is 1. The molecular weight excluding hydrogens is 222 g/mol. The predicted molar refractivity (Wildman–Crippen MR) is 66.0 cm³/mol. The molecular formula is C11H23N3O3. The molecule has 6 nitrogen and oxygen atoms in total. The molecule has 0 aromatic carbocycles. The second-order valence-electron chi connectivity index (χ2n) is 5.29. The van der Waals surface area contributed by atoms with Crippen molar-refractivity contribution < 1.29 is 14.7 Å². The van der Waals surface area contributed by atoms with Gasteiger partial charge in [0, 0.05) is 13.1 Å². The minimum Gasteiger partial charge on any atom is -0.480 e. The predicted octanol–water partition coefficient (Wildman–Crippen LogP) is 0.347. The van der Waals surface area contributed by atoms with Crippen molar-refractivity contribution in [3.05, 3.63) is 0 Å². The zero-order valence-electron chi connectivity index (χ0n) is 11.2. The Hall–Kier alpha value is -1.30. The van der Waals surface area contributed by atoms with Crippen LogP contribution in [0.15, 0.2) is 0 Å². The Balaban J connectivity index is 4.03. The average Bonchev–Trinajstić information content (AvgIpc) is 2.12. The van der Waals surface area contributed by atoms with Gasteiger partial charge in [0.1, 0.15) is 6.04 Å². The highest BCUT2D eigenvalue weighted by Gasteiger charge is 2.20. The number of hydrogen-bond acceptors (Lipinski definition) is 3. The molecule has 0 aromatic heterocycles. The Morgan fingerprint density at radius 1 is 1.35 bits per heavy atom. The molecule has 0 spiro atoms. The van der Waals surface area contributed by atoms with Crippen molar-refractivity contribution in [1.82, 2.24) is 15.5 Å². The van der Waals surface area contributed by atoms with Crippen LogP contribution in [-0.2, 0) is 4.79 Å². The average molecular weight is 245 g/mol. The number of nitrogens with one attached hydrogen (secondary N) is 2. The zero-order valence-corrected chi connectivity index (χ0v) is 11.2. The third-order valence-electron chi connectivity index (χ3n) is 2.19. The van der Waals surface area contributed by atoms with Crippen molar-refractivity contribution >= 4 is 12.0 Å². The molecule has 100 valence electrons. The summed E-state index contributed by atoms with van der Waals surface area (Å²) in [5.41, 5.74) is -0.0622. The number of carbonyl (C=O) groups is 2. The SMILES string of the molecule is C[C@H](NC(=O)NCC(C)(C)CN(C)C)C(=O)O. The molecule has 0 aliphatic rings. The standard InChI is InChI=1S/C11H23N3O3/c1-8(9(15)16)13-10(17)12-6-11(2,3)7-14(4)5/h8H,6-7H2,1-5H3,(H,15,16)(H2,12,13,17)/t8-/m0/s1. The summed E-state index contributed by atoms with van der Waals surface area (Å²) in [6.07, 6.45) is 0. The van der Waals surface area contributed by atoms with Crippen molar-refractivity contribution in [2.24, 2.45) is 5.41 Å². The largest absolute Gasteiger partial charge is 0.480 e. The van der Waals surface area contributed by atoms with Crippen LogP contribution in [0.3, 0.4) is 0 Å². The normalized spacial score (nSPS) is 13.3. The highest BCUT2D eigenvalue weighted by atomic mass is 16.4. The fourth-order valence-corrected chi connectivity index (χ4v) is 1.54. The van der Waals surface area contributed by atoms with Crippen molar-refractivity contribution in [2.45, 2.75) is 26.8 Å². The van der Waals surface area contributed by atoms with Crippen molar-refractivity contribution in [1.29, 1.82) is 0 Å². The van der Waals surface area contributed by atoms with Crippen molar-refractivity contribution in [2.75, 3.05) is 27.2 Å². The first-order valence-corrected chi connectivity index (χ1v) is 5.56. The maximum absolute atomic E-state index is 11.4. The van der Waals surface area contributed by atoms with E-state index < -0.39 is 18.0 Å². The van der Waals surface area contributed by atoms with E-state index >= 15 is 0 Å². The number of nitrogens with zero attached hydrogens (tertiary/aromatic N) is 1. The third kappa shape index (κ3) is 7.57. The summed E-state index contributed by atoms with van der Waals surface area (Å²) in [6.45, 7) is 6.82. The maximum Gasteiger partial charge on any atom is 0.325 e. The first-order chi connectivity index (χ1) is 7.64. The topological polar surface area (TPSA) is 81.7 Å². The second-order valence-corrected chi connectivity index (χ2v) is 5.29. The summed E-state index contributed by atoms with van der Waals surface area (Å²) < 4.78 is 0. The first-order valence-electron chi connectivity index (χ1n) is 5.56. The number of rotatable bonds is 6. The molecule has 6 heteroatoms. The summed E-state index contributed by atoms with van der Waals surface area (Å²) in [7, 11) is 3.93. The van der Waals surface area contributed by atoms with E-state index in [9.17, 15) is 9.59 Å². The molecule has 17 heavy (non-hydrogen) atoms. The Morgan fingerprint density at radius 2 is 1.88 bits per heavy atom. The van der Waals surface area contributed by atoms with E-state index in [1.807, 2.05) is 32.8 Å². The van der Waals surface area contributed by atoms with Crippen LogP contribution in [0.4, 0.5) is 4.79 Å². The van der Waals surface area contributed by atoms with Crippen LogP contribution < -0.4 is 10.6 Å². The quantitative estimate of drug-likeness (QED) is 0.630. The van der Waals surface area contributed by atoms with Gasteiger partial charge in [0.2, 0.25) is 0 Å². The highest BCUT2D eigenvalue weighted by molar-refractivity contribution is 5.82. The molecule has 0 radical (unpaired) electrons. The van der Waals surface area contributed by atoms with Crippen LogP contribution in [0, 0.1) is 5.41 Å². The zero-order chi connectivity index (χ0) is 13.6. The number of urea groups is 1. The molecule has 2 amide bonds. The van der Waals surface area contributed by atoms with Crippen LogP contribution >= 0.6 is 0 Å². The Bertz CT molecular complexity index is 277. The smallest absolute Gasteiger partial charge is 0.325 e. The summed E-state index contributed by atoms with van der Waals surface area (Å²) in [6, 6.07) is -1.33. The lowest BCUT2D eigenvalue weighted by Gasteiger charge is -2.28. The summed E-state index contributed by atoms with van der Waals surface area (Å²) >= 11 is 0. The van der Waals surface area contributed by atoms with E-state index in [0.717, 1.165) is 6.54 Å². The van der Waals surface area contributed by atoms with Gasteiger partial charge in [0.25, 0.3) is 0 Å².